The van der Waals surface area contributed by atoms with E-state index in [9.17, 15) is 4.79 Å². The van der Waals surface area contributed by atoms with Crippen molar-refractivity contribution in [3.8, 4) is 5.75 Å². The summed E-state index contributed by atoms with van der Waals surface area (Å²) in [6.07, 6.45) is 1.46. The molecule has 0 spiro atoms. The zero-order chi connectivity index (χ0) is 13.1. The van der Waals surface area contributed by atoms with Crippen molar-refractivity contribution in [2.24, 2.45) is 0 Å². The van der Waals surface area contributed by atoms with Gasteiger partial charge in [-0.05, 0) is 31.2 Å². The normalized spacial score (nSPS) is 10.2. The second-order valence-electron chi connectivity index (χ2n) is 3.89. The number of pyridine rings is 1. The van der Waals surface area contributed by atoms with E-state index < -0.39 is 0 Å². The van der Waals surface area contributed by atoms with Crippen LogP contribution in [-0.4, -0.2) is 17.9 Å². The third-order valence-electron chi connectivity index (χ3n) is 2.56. The monoisotopic (exact) mass is 261 g/mol. The molecule has 3 nitrogen and oxygen atoms in total. The van der Waals surface area contributed by atoms with Crippen LogP contribution in [0.3, 0.4) is 0 Å². The number of halogens is 1. The number of nitrogens with zero attached hydrogens (tertiary/aromatic N) is 1. The van der Waals surface area contributed by atoms with Gasteiger partial charge in [0.05, 0.1) is 17.7 Å². The molecule has 18 heavy (non-hydrogen) atoms. The molecule has 0 unspecified atom stereocenters. The van der Waals surface area contributed by atoms with Gasteiger partial charge in [-0.25, -0.2) is 0 Å². The maximum Gasteiger partial charge on any atom is 0.215 e. The Morgan fingerprint density at radius 3 is 2.67 bits per heavy atom. The second-order valence-corrected chi connectivity index (χ2v) is 4.33. The largest absolute Gasteiger partial charge is 0.496 e. The Labute approximate surface area is 110 Å². The molecule has 92 valence electrons. The zero-order valence-electron chi connectivity index (χ0n) is 10.1. The van der Waals surface area contributed by atoms with Crippen LogP contribution in [-0.2, 0) is 0 Å². The molecule has 0 atom stereocenters. The highest BCUT2D eigenvalue weighted by Crippen LogP contribution is 2.22. The molecule has 0 fully saturated rings. The lowest BCUT2D eigenvalue weighted by Gasteiger charge is -2.08. The molecule has 0 radical (unpaired) electrons. The first-order valence-electron chi connectivity index (χ1n) is 5.42. The van der Waals surface area contributed by atoms with E-state index in [0.29, 0.717) is 22.0 Å². The molecule has 1 aromatic heterocycles. The number of carbonyl (C=O) groups excluding carboxylic acids is 1. The molecular weight excluding hydrogens is 250 g/mol. The molecule has 1 heterocycles. The summed E-state index contributed by atoms with van der Waals surface area (Å²) in [6, 6.07) is 8.71. The molecule has 2 aromatic rings. The molecule has 0 aliphatic carbocycles. The van der Waals surface area contributed by atoms with Crippen LogP contribution in [0.1, 0.15) is 21.6 Å². The fourth-order valence-electron chi connectivity index (χ4n) is 1.65. The van der Waals surface area contributed by atoms with Crippen LogP contribution in [0.15, 0.2) is 36.5 Å². The third-order valence-corrected chi connectivity index (χ3v) is 2.78. The first-order chi connectivity index (χ1) is 8.61. The van der Waals surface area contributed by atoms with Gasteiger partial charge in [0, 0.05) is 6.20 Å². The predicted octanol–water partition coefficient (Wildman–Crippen LogP) is 3.28. The first-order valence-corrected chi connectivity index (χ1v) is 5.80. The van der Waals surface area contributed by atoms with Gasteiger partial charge in [0.1, 0.15) is 11.4 Å². The molecule has 0 saturated carbocycles. The number of carbonyl (C=O) groups is 1. The minimum atomic E-state index is -0.174. The number of ketones is 1. The summed E-state index contributed by atoms with van der Waals surface area (Å²) >= 11 is 5.75. The van der Waals surface area contributed by atoms with Gasteiger partial charge in [-0.15, -0.1) is 0 Å². The highest BCUT2D eigenvalue weighted by Gasteiger charge is 2.15. The Bertz CT molecular complexity index is 579. The average Bonchev–Trinajstić information content (AvgIpc) is 2.39. The summed E-state index contributed by atoms with van der Waals surface area (Å²) in [7, 11) is 1.54. The summed E-state index contributed by atoms with van der Waals surface area (Å²) in [5.41, 5.74) is 1.85. The molecule has 0 bridgehead atoms. The smallest absolute Gasteiger partial charge is 0.215 e. The molecule has 0 saturated heterocycles. The Kier molecular flexibility index (Phi) is 3.63. The van der Waals surface area contributed by atoms with E-state index in [1.54, 1.807) is 24.3 Å². The van der Waals surface area contributed by atoms with Gasteiger partial charge in [-0.3, -0.25) is 9.78 Å². The van der Waals surface area contributed by atoms with Gasteiger partial charge < -0.3 is 4.74 Å². The zero-order valence-corrected chi connectivity index (χ0v) is 10.9. The van der Waals surface area contributed by atoms with Crippen molar-refractivity contribution in [2.75, 3.05) is 7.11 Å². The number of methoxy groups -OCH3 is 1. The van der Waals surface area contributed by atoms with Crippen molar-refractivity contribution >= 4 is 17.4 Å². The van der Waals surface area contributed by atoms with E-state index in [1.165, 1.54) is 13.3 Å². The van der Waals surface area contributed by atoms with E-state index in [4.69, 9.17) is 16.3 Å². The number of rotatable bonds is 3. The van der Waals surface area contributed by atoms with Crippen LogP contribution in [0.25, 0.3) is 0 Å². The van der Waals surface area contributed by atoms with Gasteiger partial charge in [0.15, 0.2) is 0 Å². The van der Waals surface area contributed by atoms with Crippen molar-refractivity contribution in [3.05, 3.63) is 58.4 Å². The summed E-state index contributed by atoms with van der Waals surface area (Å²) in [6.45, 7) is 1.92. The second kappa shape index (κ2) is 5.19. The average molecular weight is 262 g/mol. The van der Waals surface area contributed by atoms with Gasteiger partial charge in [0.25, 0.3) is 0 Å². The molecule has 0 N–H and O–H groups in total. The Hall–Kier alpha value is -1.87. The van der Waals surface area contributed by atoms with E-state index in [-0.39, 0.29) is 5.78 Å². The summed E-state index contributed by atoms with van der Waals surface area (Å²) in [5.74, 6) is 0.370. The standard InChI is InChI=1S/C14H12ClNO2/c1-9-3-6-13(18-2)11(7-9)14(17)12-5-4-10(15)8-16-12/h3-8H,1-2H3. The van der Waals surface area contributed by atoms with Crippen LogP contribution in [0.2, 0.25) is 5.02 Å². The lowest BCUT2D eigenvalue weighted by atomic mass is 10.0. The minimum Gasteiger partial charge on any atom is -0.496 e. The van der Waals surface area contributed by atoms with Crippen LogP contribution < -0.4 is 4.74 Å². The molecule has 4 heteroatoms. The highest BCUT2D eigenvalue weighted by atomic mass is 35.5. The number of ether oxygens (including phenoxy) is 1. The molecule has 0 amide bonds. The van der Waals surface area contributed by atoms with Crippen LogP contribution in [0, 0.1) is 6.92 Å². The number of aryl methyl sites for hydroxylation is 1. The SMILES string of the molecule is COc1ccc(C)cc1C(=O)c1ccc(Cl)cn1. The Morgan fingerprint density at radius 2 is 2.06 bits per heavy atom. The lowest BCUT2D eigenvalue weighted by Crippen LogP contribution is -2.06. The van der Waals surface area contributed by atoms with Crippen molar-refractivity contribution in [1.82, 2.24) is 4.98 Å². The quantitative estimate of drug-likeness (QED) is 0.796. The van der Waals surface area contributed by atoms with Crippen molar-refractivity contribution in [3.63, 3.8) is 0 Å². The Balaban J connectivity index is 2.45. The van der Waals surface area contributed by atoms with E-state index in [2.05, 4.69) is 4.98 Å². The van der Waals surface area contributed by atoms with Crippen LogP contribution in [0.5, 0.6) is 5.75 Å². The molecule has 1 aromatic carbocycles. The number of hydrogen-bond donors (Lipinski definition) is 0. The predicted molar refractivity (Wildman–Crippen MR) is 70.4 cm³/mol. The number of hydrogen-bond acceptors (Lipinski definition) is 3. The van der Waals surface area contributed by atoms with Gasteiger partial charge in [-0.1, -0.05) is 23.2 Å². The highest BCUT2D eigenvalue weighted by molar-refractivity contribution is 6.30. The summed E-state index contributed by atoms with van der Waals surface area (Å²) in [4.78, 5) is 16.3. The molecule has 2 rings (SSSR count). The number of aromatic nitrogens is 1. The Morgan fingerprint density at radius 1 is 1.28 bits per heavy atom. The topological polar surface area (TPSA) is 39.2 Å². The fourth-order valence-corrected chi connectivity index (χ4v) is 1.76. The summed E-state index contributed by atoms with van der Waals surface area (Å²) in [5, 5.41) is 0.503. The maximum atomic E-state index is 12.3. The van der Waals surface area contributed by atoms with Gasteiger partial charge in [-0.2, -0.15) is 0 Å². The maximum absolute atomic E-state index is 12.3. The lowest BCUT2D eigenvalue weighted by molar-refractivity contribution is 0.103. The molecule has 0 aliphatic heterocycles. The third kappa shape index (κ3) is 2.51. The fraction of sp³-hybridized carbons (Fsp3) is 0.143. The van der Waals surface area contributed by atoms with Crippen LogP contribution >= 0.6 is 11.6 Å². The molecular formula is C14H12ClNO2. The van der Waals surface area contributed by atoms with E-state index >= 15 is 0 Å². The minimum absolute atomic E-state index is 0.174. The van der Waals surface area contributed by atoms with Gasteiger partial charge in [0.2, 0.25) is 5.78 Å². The first kappa shape index (κ1) is 12.6. The van der Waals surface area contributed by atoms with Gasteiger partial charge >= 0.3 is 0 Å². The van der Waals surface area contributed by atoms with Crippen molar-refractivity contribution in [2.45, 2.75) is 6.92 Å². The van der Waals surface area contributed by atoms with Crippen molar-refractivity contribution < 1.29 is 9.53 Å². The van der Waals surface area contributed by atoms with E-state index in [1.807, 2.05) is 13.0 Å². The van der Waals surface area contributed by atoms with Crippen LogP contribution in [0.4, 0.5) is 0 Å². The van der Waals surface area contributed by atoms with E-state index in [0.717, 1.165) is 5.56 Å². The number of benzene rings is 1. The summed E-state index contributed by atoms with van der Waals surface area (Å²) < 4.78 is 5.19. The molecule has 0 aliphatic rings. The van der Waals surface area contributed by atoms with Crippen molar-refractivity contribution in [1.29, 1.82) is 0 Å².